The Morgan fingerprint density at radius 3 is 1.51 bits per heavy atom. The molecule has 0 amide bonds. The summed E-state index contributed by atoms with van der Waals surface area (Å²) in [6, 6.07) is 10.5. The number of anilines is 8. The molecule has 4 aromatic rings. The second-order valence-electron chi connectivity index (χ2n) is 15.3. The molecular formula is C43H64N14O5S. The second-order valence-corrected chi connectivity index (χ2v) is 16.7. The first-order chi connectivity index (χ1) is 30.5. The summed E-state index contributed by atoms with van der Waals surface area (Å²) < 4.78 is 47.0. The lowest BCUT2D eigenvalue weighted by Crippen LogP contribution is -2.37. The van der Waals surface area contributed by atoms with E-state index in [1.165, 1.54) is 6.07 Å². The van der Waals surface area contributed by atoms with E-state index in [4.69, 9.17) is 24.4 Å². The Bertz CT molecular complexity index is 2210. The highest BCUT2D eigenvalue weighted by molar-refractivity contribution is 7.86. The molecule has 0 bridgehead atoms. The van der Waals surface area contributed by atoms with Crippen LogP contribution in [0.2, 0.25) is 0 Å². The number of nitrogens with one attached hydrogen (secondary N) is 4. The summed E-state index contributed by atoms with van der Waals surface area (Å²) in [7, 11) is -4.62. The molecule has 0 saturated carbocycles. The summed E-state index contributed by atoms with van der Waals surface area (Å²) in [5.74, 6) is 2.63. The summed E-state index contributed by atoms with van der Waals surface area (Å²) in [6.07, 6.45) is 5.34. The molecule has 2 aliphatic rings. The summed E-state index contributed by atoms with van der Waals surface area (Å²) in [5.41, 5.74) is 3.23. The quantitative estimate of drug-likeness (QED) is 0.0367. The highest BCUT2D eigenvalue weighted by atomic mass is 32.2. The van der Waals surface area contributed by atoms with E-state index >= 15 is 0 Å². The molecule has 20 heteroatoms. The summed E-state index contributed by atoms with van der Waals surface area (Å²) >= 11 is 0. The molecule has 0 spiro atoms. The molecule has 4 heterocycles. The van der Waals surface area contributed by atoms with E-state index in [1.807, 2.05) is 36.1 Å². The minimum Gasteiger partial charge on any atom is -0.378 e. The first kappa shape index (κ1) is 47.2. The van der Waals surface area contributed by atoms with Gasteiger partial charge in [0.25, 0.3) is 10.1 Å². The maximum absolute atomic E-state index is 12.8. The van der Waals surface area contributed by atoms with Gasteiger partial charge in [0.15, 0.2) is 0 Å². The number of aryl methyl sites for hydroxylation is 1. The van der Waals surface area contributed by atoms with Crippen molar-refractivity contribution < 1.29 is 22.4 Å². The average Bonchev–Trinajstić information content (AvgIpc) is 3.29. The third-order valence-electron chi connectivity index (χ3n) is 11.0. The van der Waals surface area contributed by atoms with Crippen molar-refractivity contribution in [2.45, 2.75) is 52.4 Å². The Kier molecular flexibility index (Phi) is 17.6. The second kappa shape index (κ2) is 23.4. The largest absolute Gasteiger partial charge is 0.378 e. The van der Waals surface area contributed by atoms with Crippen LogP contribution in [0.25, 0.3) is 12.2 Å². The lowest BCUT2D eigenvalue weighted by atomic mass is 10.1. The fraction of sp³-hybridized carbons (Fsp3) is 0.535. The van der Waals surface area contributed by atoms with Gasteiger partial charge >= 0.3 is 0 Å². The zero-order valence-corrected chi connectivity index (χ0v) is 38.1. The fourth-order valence-electron chi connectivity index (χ4n) is 7.25. The predicted molar refractivity (Wildman–Crippen MR) is 250 cm³/mol. The van der Waals surface area contributed by atoms with Gasteiger partial charge in [0.1, 0.15) is 4.90 Å². The number of morpholine rings is 2. The monoisotopic (exact) mass is 888 g/mol. The van der Waals surface area contributed by atoms with Gasteiger partial charge in [0.2, 0.25) is 35.7 Å². The SMILES string of the molecule is CCN(CC)CCCNc1nc(Nc2ccc(/C=C/c3ccc(Nc4nc(NCCCN(CC)CC)nc(N5CCOCC5)n4)cc3S(=O)(=O)O)c(C)c2)nc(N2CCOCC2)n1. The van der Waals surface area contributed by atoms with Gasteiger partial charge in [-0.1, -0.05) is 52.0 Å². The molecule has 342 valence electrons. The van der Waals surface area contributed by atoms with E-state index in [0.29, 0.717) is 100 Å². The van der Waals surface area contributed by atoms with Gasteiger partial charge in [-0.2, -0.15) is 38.3 Å². The Hall–Kier alpha value is -5.25. The van der Waals surface area contributed by atoms with E-state index < -0.39 is 10.1 Å². The minimum absolute atomic E-state index is 0.236. The molecular weight excluding hydrogens is 825 g/mol. The molecule has 19 nitrogen and oxygen atoms in total. The van der Waals surface area contributed by atoms with Crippen molar-refractivity contribution in [1.82, 2.24) is 39.7 Å². The fourth-order valence-corrected chi connectivity index (χ4v) is 7.96. The number of rotatable bonds is 23. The third kappa shape index (κ3) is 14.1. The van der Waals surface area contributed by atoms with Crippen LogP contribution < -0.4 is 31.1 Å². The molecule has 0 unspecified atom stereocenters. The van der Waals surface area contributed by atoms with E-state index in [9.17, 15) is 13.0 Å². The van der Waals surface area contributed by atoms with Crippen molar-refractivity contribution in [3.63, 3.8) is 0 Å². The Balaban J connectivity index is 1.17. The van der Waals surface area contributed by atoms with Gasteiger partial charge in [0, 0.05) is 50.6 Å². The third-order valence-corrected chi connectivity index (χ3v) is 11.9. The van der Waals surface area contributed by atoms with Crippen LogP contribution in [0, 0.1) is 6.92 Å². The molecule has 0 atom stereocenters. The van der Waals surface area contributed by atoms with E-state index in [2.05, 4.69) is 78.6 Å². The molecule has 2 fully saturated rings. The van der Waals surface area contributed by atoms with E-state index in [-0.39, 0.29) is 10.8 Å². The Labute approximate surface area is 371 Å². The van der Waals surface area contributed by atoms with Crippen LogP contribution in [0.4, 0.5) is 47.1 Å². The van der Waals surface area contributed by atoms with Crippen LogP contribution in [-0.2, 0) is 19.6 Å². The molecule has 2 aromatic carbocycles. The molecule has 6 rings (SSSR count). The van der Waals surface area contributed by atoms with Gasteiger partial charge in [0.05, 0.1) is 26.4 Å². The van der Waals surface area contributed by atoms with Gasteiger partial charge in [-0.25, -0.2) is 0 Å². The zero-order valence-electron chi connectivity index (χ0n) is 37.3. The van der Waals surface area contributed by atoms with Crippen LogP contribution in [0.15, 0.2) is 41.3 Å². The molecule has 2 saturated heterocycles. The smallest absolute Gasteiger partial charge is 0.295 e. The van der Waals surface area contributed by atoms with Gasteiger partial charge < -0.3 is 50.3 Å². The van der Waals surface area contributed by atoms with Crippen molar-refractivity contribution in [2.75, 3.05) is 136 Å². The van der Waals surface area contributed by atoms with E-state index in [0.717, 1.165) is 75.5 Å². The van der Waals surface area contributed by atoms with E-state index in [1.54, 1.807) is 18.2 Å². The Morgan fingerprint density at radius 1 is 0.635 bits per heavy atom. The first-order valence-corrected chi connectivity index (χ1v) is 23.5. The van der Waals surface area contributed by atoms with Crippen LogP contribution in [-0.4, -0.2) is 158 Å². The molecule has 63 heavy (non-hydrogen) atoms. The first-order valence-electron chi connectivity index (χ1n) is 22.1. The summed E-state index contributed by atoms with van der Waals surface area (Å²) in [5, 5.41) is 13.2. The Morgan fingerprint density at radius 2 is 1.06 bits per heavy atom. The maximum Gasteiger partial charge on any atom is 0.295 e. The van der Waals surface area contributed by atoms with Crippen LogP contribution in [0.3, 0.4) is 0 Å². The molecule has 0 radical (unpaired) electrons. The number of ether oxygens (including phenoxy) is 2. The van der Waals surface area contributed by atoms with Crippen molar-refractivity contribution in [1.29, 1.82) is 0 Å². The highest BCUT2D eigenvalue weighted by Gasteiger charge is 2.20. The van der Waals surface area contributed by atoms with Crippen LogP contribution in [0.1, 0.15) is 57.2 Å². The minimum atomic E-state index is -4.62. The van der Waals surface area contributed by atoms with Gasteiger partial charge in [-0.3, -0.25) is 4.55 Å². The number of hydrogen-bond donors (Lipinski definition) is 5. The van der Waals surface area contributed by atoms with Gasteiger partial charge in [-0.05, 0) is 100.0 Å². The number of aromatic nitrogens is 6. The van der Waals surface area contributed by atoms with Crippen molar-refractivity contribution in [2.24, 2.45) is 0 Å². The topological polar surface area (TPSA) is 211 Å². The number of benzene rings is 2. The number of hydrogen-bond acceptors (Lipinski definition) is 18. The zero-order chi connectivity index (χ0) is 44.6. The van der Waals surface area contributed by atoms with Gasteiger partial charge in [-0.15, -0.1) is 0 Å². The molecule has 0 aliphatic carbocycles. The standard InChI is InChI=1S/C43H64N14O5S/c1-6-54(7-2)20-10-18-44-38-48-40(52-42(50-38)56-22-26-61-27-23-56)46-35-16-14-33(32(5)30-35)12-13-34-15-17-36(31-37(34)63(58,59)60)47-41-49-39(45-19-11-21-55(8-3)9-4)51-43(53-41)57-24-28-62-29-25-57/h12-17,30-31H,6-11,18-29H2,1-5H3,(H,58,59,60)(H2,44,46,48,50,52)(H2,45,47,49,51,53)/b13-12+. The van der Waals surface area contributed by atoms with Crippen LogP contribution in [0.5, 0.6) is 0 Å². The van der Waals surface area contributed by atoms with Crippen molar-refractivity contribution in [3.05, 3.63) is 53.1 Å². The molecule has 2 aliphatic heterocycles. The van der Waals surface area contributed by atoms with Crippen molar-refractivity contribution >= 4 is 69.3 Å². The maximum atomic E-state index is 12.8. The normalized spacial score (nSPS) is 14.8. The lowest BCUT2D eigenvalue weighted by Gasteiger charge is -2.27. The number of nitrogens with zero attached hydrogens (tertiary/aromatic N) is 10. The average molecular weight is 889 g/mol. The van der Waals surface area contributed by atoms with Crippen molar-refractivity contribution in [3.8, 4) is 0 Å². The molecule has 5 N–H and O–H groups in total. The predicted octanol–water partition coefficient (Wildman–Crippen LogP) is 5.23. The summed E-state index contributed by atoms with van der Waals surface area (Å²) in [6.45, 7) is 22.9. The highest BCUT2D eigenvalue weighted by Crippen LogP contribution is 2.27. The lowest BCUT2D eigenvalue weighted by molar-refractivity contribution is 0.122. The summed E-state index contributed by atoms with van der Waals surface area (Å²) in [4.78, 5) is 36.7. The molecule has 2 aromatic heterocycles. The van der Waals surface area contributed by atoms with Crippen LogP contribution >= 0.6 is 0 Å².